The molecule has 0 spiro atoms. The van der Waals surface area contributed by atoms with Gasteiger partial charge in [-0.2, -0.15) is 0 Å². The Kier molecular flexibility index (Phi) is 8.38. The standard InChI is InChI=1S/C30H35NO8/c1-8-39-22-10-9-17(13-23(22)34-3)18-11-20-28(21(32)12-18)27(26(16(2)31-20)30(33)38-7)19-14-24(35-4)29(37-6)25(15-19)36-5/h9-10,13-15,18,27,31H,8,11-12H2,1-7H3. The zero-order valence-electron chi connectivity index (χ0n) is 23.4. The van der Waals surface area contributed by atoms with Crippen LogP contribution in [0.4, 0.5) is 0 Å². The molecule has 1 N–H and O–H groups in total. The fourth-order valence-electron chi connectivity index (χ4n) is 5.47. The summed E-state index contributed by atoms with van der Waals surface area (Å²) in [5.74, 6) is 1.22. The molecule has 2 atom stereocenters. The van der Waals surface area contributed by atoms with Gasteiger partial charge in [0, 0.05) is 29.3 Å². The number of allylic oxidation sites excluding steroid dienone is 3. The van der Waals surface area contributed by atoms with Crippen LogP contribution < -0.4 is 29.0 Å². The minimum atomic E-state index is -0.675. The van der Waals surface area contributed by atoms with Crippen molar-refractivity contribution >= 4 is 11.8 Å². The van der Waals surface area contributed by atoms with Crippen molar-refractivity contribution in [3.05, 3.63) is 64.0 Å². The molecule has 1 heterocycles. The highest BCUT2D eigenvalue weighted by atomic mass is 16.5. The molecule has 2 aliphatic rings. The van der Waals surface area contributed by atoms with Crippen molar-refractivity contribution in [1.82, 2.24) is 5.32 Å². The van der Waals surface area contributed by atoms with Crippen molar-refractivity contribution in [2.24, 2.45) is 0 Å². The van der Waals surface area contributed by atoms with Crippen molar-refractivity contribution in [2.45, 2.75) is 38.5 Å². The third kappa shape index (κ3) is 5.13. The highest BCUT2D eigenvalue weighted by molar-refractivity contribution is 6.04. The van der Waals surface area contributed by atoms with Crippen LogP contribution in [-0.4, -0.2) is 53.9 Å². The van der Waals surface area contributed by atoms with E-state index in [-0.39, 0.29) is 18.1 Å². The quantitative estimate of drug-likeness (QED) is 0.458. The van der Waals surface area contributed by atoms with Crippen molar-refractivity contribution in [2.75, 3.05) is 42.2 Å². The summed E-state index contributed by atoms with van der Waals surface area (Å²) in [6, 6.07) is 9.32. The normalized spacial score (nSPS) is 18.7. The second-order valence-electron chi connectivity index (χ2n) is 9.31. The molecule has 2 aromatic carbocycles. The number of rotatable bonds is 9. The molecule has 2 aromatic rings. The largest absolute Gasteiger partial charge is 0.493 e. The number of ether oxygens (including phenoxy) is 6. The minimum absolute atomic E-state index is 0.0609. The molecule has 1 aliphatic heterocycles. The molecule has 39 heavy (non-hydrogen) atoms. The molecule has 2 unspecified atom stereocenters. The summed E-state index contributed by atoms with van der Waals surface area (Å²) < 4.78 is 33.0. The van der Waals surface area contributed by atoms with Gasteiger partial charge in [0.25, 0.3) is 0 Å². The second-order valence-corrected chi connectivity index (χ2v) is 9.31. The van der Waals surface area contributed by atoms with Crippen LogP contribution in [0.15, 0.2) is 52.9 Å². The maximum absolute atomic E-state index is 13.9. The Labute approximate surface area is 228 Å². The first-order valence-electron chi connectivity index (χ1n) is 12.7. The molecule has 0 saturated heterocycles. The topological polar surface area (TPSA) is 102 Å². The van der Waals surface area contributed by atoms with Gasteiger partial charge in [-0.1, -0.05) is 6.07 Å². The van der Waals surface area contributed by atoms with Crippen LogP contribution in [0.1, 0.15) is 49.7 Å². The number of carbonyl (C=O) groups excluding carboxylic acids is 2. The minimum Gasteiger partial charge on any atom is -0.493 e. The fraction of sp³-hybridized carbons (Fsp3) is 0.400. The van der Waals surface area contributed by atoms with Gasteiger partial charge in [-0.3, -0.25) is 4.79 Å². The average molecular weight is 538 g/mol. The predicted octanol–water partition coefficient (Wildman–Crippen LogP) is 4.65. The van der Waals surface area contributed by atoms with Crippen molar-refractivity contribution in [3.63, 3.8) is 0 Å². The maximum atomic E-state index is 13.9. The van der Waals surface area contributed by atoms with Gasteiger partial charge in [-0.05, 0) is 61.6 Å². The lowest BCUT2D eigenvalue weighted by atomic mass is 9.71. The van der Waals surface area contributed by atoms with E-state index in [2.05, 4.69) is 5.32 Å². The number of benzene rings is 2. The predicted molar refractivity (Wildman–Crippen MR) is 145 cm³/mol. The molecule has 0 bridgehead atoms. The van der Waals surface area contributed by atoms with Crippen LogP contribution >= 0.6 is 0 Å². The van der Waals surface area contributed by atoms with E-state index in [0.717, 1.165) is 11.3 Å². The smallest absolute Gasteiger partial charge is 0.336 e. The number of nitrogens with one attached hydrogen (secondary N) is 1. The molecule has 0 aromatic heterocycles. The second kappa shape index (κ2) is 11.7. The van der Waals surface area contributed by atoms with Gasteiger partial charge >= 0.3 is 5.97 Å². The molecular formula is C30H35NO8. The third-order valence-corrected chi connectivity index (χ3v) is 7.21. The summed E-state index contributed by atoms with van der Waals surface area (Å²) in [4.78, 5) is 26.9. The Morgan fingerprint density at radius 1 is 0.872 bits per heavy atom. The Hall–Kier alpha value is -4.14. The molecule has 0 radical (unpaired) electrons. The van der Waals surface area contributed by atoms with Gasteiger partial charge in [-0.15, -0.1) is 0 Å². The molecule has 9 nitrogen and oxygen atoms in total. The van der Waals surface area contributed by atoms with Gasteiger partial charge in [0.1, 0.15) is 0 Å². The van der Waals surface area contributed by atoms with Crippen molar-refractivity contribution < 1.29 is 38.0 Å². The summed E-state index contributed by atoms with van der Waals surface area (Å²) in [6.45, 7) is 4.25. The molecule has 4 rings (SSSR count). The van der Waals surface area contributed by atoms with Crippen LogP contribution in [-0.2, 0) is 14.3 Å². The summed E-state index contributed by atoms with van der Waals surface area (Å²) in [7, 11) is 7.50. The van der Waals surface area contributed by atoms with Crippen LogP contribution in [0.5, 0.6) is 28.7 Å². The van der Waals surface area contributed by atoms with Gasteiger partial charge in [0.2, 0.25) is 5.75 Å². The van der Waals surface area contributed by atoms with Crippen LogP contribution in [0, 0.1) is 0 Å². The lowest BCUT2D eigenvalue weighted by Gasteiger charge is -2.37. The van der Waals surface area contributed by atoms with E-state index in [1.54, 1.807) is 19.2 Å². The number of methoxy groups -OCH3 is 5. The number of hydrogen-bond donors (Lipinski definition) is 1. The number of hydrogen-bond acceptors (Lipinski definition) is 9. The van der Waals surface area contributed by atoms with Gasteiger partial charge < -0.3 is 33.7 Å². The van der Waals surface area contributed by atoms with E-state index in [0.29, 0.717) is 64.2 Å². The summed E-state index contributed by atoms with van der Waals surface area (Å²) in [5, 5.41) is 3.35. The number of carbonyl (C=O) groups is 2. The lowest BCUT2D eigenvalue weighted by molar-refractivity contribution is -0.136. The Bertz CT molecular complexity index is 1320. The van der Waals surface area contributed by atoms with Gasteiger partial charge in [0.15, 0.2) is 28.8 Å². The number of esters is 1. The first-order chi connectivity index (χ1) is 18.8. The van der Waals surface area contributed by atoms with E-state index >= 15 is 0 Å². The zero-order valence-corrected chi connectivity index (χ0v) is 23.4. The SMILES string of the molecule is CCOc1ccc(C2CC(=O)C3=C(C2)NC(C)=C(C(=O)OC)C3c2cc(OC)c(OC)c(OC)c2)cc1OC. The number of ketones is 1. The zero-order chi connectivity index (χ0) is 28.3. The van der Waals surface area contributed by atoms with Crippen LogP contribution in [0.2, 0.25) is 0 Å². The van der Waals surface area contributed by atoms with E-state index < -0.39 is 11.9 Å². The molecule has 9 heteroatoms. The fourth-order valence-corrected chi connectivity index (χ4v) is 5.47. The van der Waals surface area contributed by atoms with E-state index in [1.165, 1.54) is 28.4 Å². The third-order valence-electron chi connectivity index (χ3n) is 7.21. The van der Waals surface area contributed by atoms with Crippen LogP contribution in [0.25, 0.3) is 0 Å². The number of Topliss-reactive ketones (excluding diaryl/α,β-unsaturated/α-hetero) is 1. The van der Waals surface area contributed by atoms with Gasteiger partial charge in [0.05, 0.1) is 47.7 Å². The van der Waals surface area contributed by atoms with E-state index in [9.17, 15) is 9.59 Å². The van der Waals surface area contributed by atoms with Crippen molar-refractivity contribution in [1.29, 1.82) is 0 Å². The first-order valence-corrected chi connectivity index (χ1v) is 12.7. The number of dihydropyridines is 1. The van der Waals surface area contributed by atoms with Gasteiger partial charge in [-0.25, -0.2) is 4.79 Å². The molecule has 1 aliphatic carbocycles. The lowest BCUT2D eigenvalue weighted by Crippen LogP contribution is -2.36. The van der Waals surface area contributed by atoms with Crippen molar-refractivity contribution in [3.8, 4) is 28.7 Å². The summed E-state index contributed by atoms with van der Waals surface area (Å²) in [6.07, 6.45) is 0.844. The monoisotopic (exact) mass is 537 g/mol. The highest BCUT2D eigenvalue weighted by Crippen LogP contribution is 2.49. The Balaban J connectivity index is 1.83. The maximum Gasteiger partial charge on any atom is 0.336 e. The first kappa shape index (κ1) is 27.9. The Morgan fingerprint density at radius 2 is 1.51 bits per heavy atom. The van der Waals surface area contributed by atoms with E-state index in [4.69, 9.17) is 28.4 Å². The highest BCUT2D eigenvalue weighted by Gasteiger charge is 2.42. The Morgan fingerprint density at radius 3 is 2.08 bits per heavy atom. The molecule has 208 valence electrons. The van der Waals surface area contributed by atoms with E-state index in [1.807, 2.05) is 32.0 Å². The summed E-state index contributed by atoms with van der Waals surface area (Å²) >= 11 is 0. The van der Waals surface area contributed by atoms with Crippen LogP contribution in [0.3, 0.4) is 0 Å². The molecule has 0 amide bonds. The summed E-state index contributed by atoms with van der Waals surface area (Å²) in [5.41, 5.74) is 3.92. The molecule has 0 fully saturated rings. The average Bonchev–Trinajstić information content (AvgIpc) is 2.95. The molecule has 0 saturated carbocycles. The molecular weight excluding hydrogens is 502 g/mol.